The molecule has 0 bridgehead atoms. The maximum absolute atomic E-state index is 9.95. The van der Waals surface area contributed by atoms with E-state index in [1.165, 1.54) is 0 Å². The fourth-order valence-corrected chi connectivity index (χ4v) is 2.49. The normalized spacial score (nSPS) is 13.3. The highest BCUT2D eigenvalue weighted by Gasteiger charge is 2.37. The first-order valence-corrected chi connectivity index (χ1v) is 6.72. The van der Waals surface area contributed by atoms with Gasteiger partial charge in [0.2, 0.25) is 0 Å². The minimum atomic E-state index is -0.847. The van der Waals surface area contributed by atoms with Crippen molar-refractivity contribution in [1.82, 2.24) is 15.0 Å². The van der Waals surface area contributed by atoms with E-state index < -0.39 is 5.41 Å². The second-order valence-electron chi connectivity index (χ2n) is 4.81. The average molecular weight is 274 g/mol. The number of pyridine rings is 1. The van der Waals surface area contributed by atoms with Gasteiger partial charge in [-0.15, -0.1) is 0 Å². The highest BCUT2D eigenvalue weighted by atomic mass is 14.9. The lowest BCUT2D eigenvalue weighted by Gasteiger charge is -2.25. The Morgan fingerprint density at radius 1 is 1.00 bits per heavy atom. The molecule has 0 saturated carbocycles. The smallest absolute Gasteiger partial charge is 0.131 e. The van der Waals surface area contributed by atoms with E-state index in [-0.39, 0.29) is 0 Å². The number of hydrogen-bond donors (Lipinski definition) is 1. The number of aromatic nitrogens is 3. The molecule has 0 aliphatic heterocycles. The average Bonchev–Trinajstić information content (AvgIpc) is 3.07. The first-order valence-electron chi connectivity index (χ1n) is 6.72. The van der Waals surface area contributed by atoms with Crippen LogP contribution < -0.4 is 0 Å². The first-order chi connectivity index (χ1) is 10.3. The molecular formula is C17H14N4. The summed E-state index contributed by atoms with van der Waals surface area (Å²) in [6.07, 6.45) is 5.63. The lowest BCUT2D eigenvalue weighted by Crippen LogP contribution is -2.30. The van der Waals surface area contributed by atoms with Crippen LogP contribution in [-0.2, 0) is 11.8 Å². The molecule has 2 aromatic heterocycles. The zero-order valence-electron chi connectivity index (χ0n) is 11.4. The summed E-state index contributed by atoms with van der Waals surface area (Å²) in [6.45, 7) is 0. The number of aromatic amines is 1. The number of H-pyrrole nitrogens is 1. The van der Waals surface area contributed by atoms with Crippen LogP contribution in [-0.4, -0.2) is 15.0 Å². The van der Waals surface area contributed by atoms with Gasteiger partial charge in [0, 0.05) is 25.0 Å². The van der Waals surface area contributed by atoms with Gasteiger partial charge in [0.15, 0.2) is 0 Å². The maximum Gasteiger partial charge on any atom is 0.131 e. The second-order valence-corrected chi connectivity index (χ2v) is 4.81. The summed E-state index contributed by atoms with van der Waals surface area (Å²) >= 11 is 0. The van der Waals surface area contributed by atoms with Crippen molar-refractivity contribution in [3.8, 4) is 6.07 Å². The molecule has 4 nitrogen and oxygen atoms in total. The largest absolute Gasteiger partial charge is 0.349 e. The lowest BCUT2D eigenvalue weighted by atomic mass is 9.75. The molecule has 1 unspecified atom stereocenters. The van der Waals surface area contributed by atoms with Crippen LogP contribution in [0.1, 0.15) is 17.1 Å². The molecule has 1 N–H and O–H groups in total. The van der Waals surface area contributed by atoms with Gasteiger partial charge in [-0.05, 0) is 17.7 Å². The van der Waals surface area contributed by atoms with Gasteiger partial charge in [0.25, 0.3) is 0 Å². The number of nitrogens with one attached hydrogen (secondary N) is 1. The van der Waals surface area contributed by atoms with Crippen molar-refractivity contribution < 1.29 is 0 Å². The lowest BCUT2D eigenvalue weighted by molar-refractivity contribution is 0.611. The van der Waals surface area contributed by atoms with Crippen molar-refractivity contribution in [2.24, 2.45) is 0 Å². The predicted octanol–water partition coefficient (Wildman–Crippen LogP) is 2.86. The van der Waals surface area contributed by atoms with Gasteiger partial charge in [-0.25, -0.2) is 4.98 Å². The van der Waals surface area contributed by atoms with Gasteiger partial charge in [0.1, 0.15) is 11.2 Å². The van der Waals surface area contributed by atoms with Crippen LogP contribution in [0.15, 0.2) is 67.1 Å². The number of nitrogens with zero attached hydrogens (tertiary/aromatic N) is 3. The SMILES string of the molecule is N#CC(Cc1ncc[nH]1)(c1ccccc1)c1ccccn1. The number of nitriles is 1. The van der Waals surface area contributed by atoms with Crippen molar-refractivity contribution in [1.29, 1.82) is 5.26 Å². The fraction of sp³-hybridized carbons (Fsp3) is 0.118. The van der Waals surface area contributed by atoms with Gasteiger partial charge >= 0.3 is 0 Å². The zero-order chi connectivity index (χ0) is 14.5. The van der Waals surface area contributed by atoms with Crippen LogP contribution >= 0.6 is 0 Å². The van der Waals surface area contributed by atoms with Crippen molar-refractivity contribution in [3.05, 3.63) is 84.2 Å². The Morgan fingerprint density at radius 3 is 2.43 bits per heavy atom. The minimum absolute atomic E-state index is 0.456. The van der Waals surface area contributed by atoms with Crippen molar-refractivity contribution in [3.63, 3.8) is 0 Å². The Kier molecular flexibility index (Phi) is 3.48. The molecule has 21 heavy (non-hydrogen) atoms. The minimum Gasteiger partial charge on any atom is -0.349 e. The van der Waals surface area contributed by atoms with Crippen molar-refractivity contribution >= 4 is 0 Å². The molecule has 102 valence electrons. The van der Waals surface area contributed by atoms with Crippen LogP contribution in [0.25, 0.3) is 0 Å². The molecular weight excluding hydrogens is 260 g/mol. The molecule has 1 aromatic carbocycles. The van der Waals surface area contributed by atoms with Crippen LogP contribution in [0.2, 0.25) is 0 Å². The summed E-state index contributed by atoms with van der Waals surface area (Å²) in [5.74, 6) is 0.769. The second kappa shape index (κ2) is 5.59. The number of rotatable bonds is 4. The zero-order valence-corrected chi connectivity index (χ0v) is 11.4. The van der Waals surface area contributed by atoms with E-state index in [4.69, 9.17) is 0 Å². The molecule has 0 aliphatic carbocycles. The van der Waals surface area contributed by atoms with Gasteiger partial charge in [-0.2, -0.15) is 5.26 Å². The highest BCUT2D eigenvalue weighted by Crippen LogP contribution is 2.33. The molecule has 0 amide bonds. The molecule has 3 aromatic rings. The van der Waals surface area contributed by atoms with Crippen molar-refractivity contribution in [2.75, 3.05) is 0 Å². The van der Waals surface area contributed by atoms with E-state index in [0.717, 1.165) is 17.1 Å². The Bertz CT molecular complexity index is 688. The molecule has 0 fully saturated rings. The highest BCUT2D eigenvalue weighted by molar-refractivity contribution is 5.43. The van der Waals surface area contributed by atoms with Gasteiger partial charge in [0.05, 0.1) is 11.8 Å². The van der Waals surface area contributed by atoms with E-state index in [2.05, 4.69) is 21.0 Å². The Hall–Kier alpha value is -2.93. The molecule has 0 aliphatic rings. The third kappa shape index (κ3) is 2.41. The summed E-state index contributed by atoms with van der Waals surface area (Å²) in [7, 11) is 0. The Balaban J connectivity index is 2.16. The summed E-state index contributed by atoms with van der Waals surface area (Å²) in [5.41, 5.74) is 0.804. The standard InChI is InChI=1S/C17H14N4/c18-13-17(12-16-20-10-11-21-16,14-6-2-1-3-7-14)15-8-4-5-9-19-15/h1-11H,12H2,(H,20,21). The maximum atomic E-state index is 9.95. The van der Waals surface area contributed by atoms with Crippen molar-refractivity contribution in [2.45, 2.75) is 11.8 Å². The van der Waals surface area contributed by atoms with Gasteiger partial charge < -0.3 is 4.98 Å². The third-order valence-corrected chi connectivity index (χ3v) is 3.55. The van der Waals surface area contributed by atoms with Gasteiger partial charge in [-0.1, -0.05) is 36.4 Å². The number of imidazole rings is 1. The molecule has 0 radical (unpaired) electrons. The molecule has 0 spiro atoms. The van der Waals surface area contributed by atoms with Gasteiger partial charge in [-0.3, -0.25) is 4.98 Å². The predicted molar refractivity (Wildman–Crippen MR) is 79.4 cm³/mol. The molecule has 2 heterocycles. The number of hydrogen-bond acceptors (Lipinski definition) is 3. The van der Waals surface area contributed by atoms with E-state index in [1.807, 2.05) is 48.5 Å². The monoisotopic (exact) mass is 274 g/mol. The topological polar surface area (TPSA) is 65.4 Å². The van der Waals surface area contributed by atoms with Crippen LogP contribution in [0.3, 0.4) is 0 Å². The summed E-state index contributed by atoms with van der Waals surface area (Å²) in [4.78, 5) is 11.8. The quantitative estimate of drug-likeness (QED) is 0.795. The van der Waals surface area contributed by atoms with E-state index in [9.17, 15) is 5.26 Å². The van der Waals surface area contributed by atoms with E-state index in [1.54, 1.807) is 18.6 Å². The Labute approximate surface area is 123 Å². The van der Waals surface area contributed by atoms with E-state index in [0.29, 0.717) is 6.42 Å². The summed E-state index contributed by atoms with van der Waals surface area (Å²) in [5, 5.41) is 9.95. The van der Waals surface area contributed by atoms with Crippen LogP contribution in [0.4, 0.5) is 0 Å². The Morgan fingerprint density at radius 2 is 1.81 bits per heavy atom. The molecule has 4 heteroatoms. The fourth-order valence-electron chi connectivity index (χ4n) is 2.49. The van der Waals surface area contributed by atoms with E-state index >= 15 is 0 Å². The number of benzene rings is 1. The summed E-state index contributed by atoms with van der Waals surface area (Å²) in [6, 6.07) is 17.8. The van der Waals surface area contributed by atoms with Crippen LogP contribution in [0.5, 0.6) is 0 Å². The third-order valence-electron chi connectivity index (χ3n) is 3.55. The molecule has 0 saturated heterocycles. The first kappa shape index (κ1) is 13.1. The molecule has 3 rings (SSSR count). The summed E-state index contributed by atoms with van der Waals surface area (Å²) < 4.78 is 0. The molecule has 1 atom stereocenters. The van der Waals surface area contributed by atoms with Crippen LogP contribution in [0, 0.1) is 11.3 Å².